The lowest BCUT2D eigenvalue weighted by Gasteiger charge is -2.14. The van der Waals surface area contributed by atoms with Crippen LogP contribution >= 0.6 is 23.4 Å². The summed E-state index contributed by atoms with van der Waals surface area (Å²) < 4.78 is 7.66. The highest BCUT2D eigenvalue weighted by molar-refractivity contribution is 7.99. The first-order chi connectivity index (χ1) is 13.2. The molecule has 136 valence electrons. The van der Waals surface area contributed by atoms with Crippen molar-refractivity contribution in [1.29, 1.82) is 0 Å². The Morgan fingerprint density at radius 2 is 1.78 bits per heavy atom. The molecule has 0 aliphatic rings. The lowest BCUT2D eigenvalue weighted by Crippen LogP contribution is -2.04. The van der Waals surface area contributed by atoms with Gasteiger partial charge in [0.25, 0.3) is 0 Å². The van der Waals surface area contributed by atoms with Crippen molar-refractivity contribution in [2.45, 2.75) is 23.9 Å². The van der Waals surface area contributed by atoms with Crippen LogP contribution in [0.5, 0.6) is 0 Å². The second-order valence-electron chi connectivity index (χ2n) is 6.14. The normalized spacial score (nSPS) is 12.2. The molecule has 0 aliphatic carbocycles. The van der Waals surface area contributed by atoms with Crippen LogP contribution in [0.1, 0.15) is 23.3 Å². The van der Waals surface area contributed by atoms with Crippen molar-refractivity contribution < 1.29 is 4.42 Å². The lowest BCUT2D eigenvalue weighted by atomic mass is 10.2. The summed E-state index contributed by atoms with van der Waals surface area (Å²) in [5.74, 6) is 1.42. The zero-order chi connectivity index (χ0) is 18.6. The standard InChI is InChI=1S/C21H18ClN3OS/c1-15(17-10-5-6-11-18(17)22)27-21-24-23-20(19-12-7-13-26-19)25(21)14-16-8-3-2-4-9-16/h2-13,15H,14H2,1H3/t15-/m0/s1. The van der Waals surface area contributed by atoms with Gasteiger partial charge in [0, 0.05) is 10.3 Å². The van der Waals surface area contributed by atoms with E-state index in [2.05, 4.69) is 33.8 Å². The number of halogens is 1. The van der Waals surface area contributed by atoms with Crippen molar-refractivity contribution in [3.63, 3.8) is 0 Å². The average molecular weight is 396 g/mol. The third kappa shape index (κ3) is 3.94. The monoisotopic (exact) mass is 395 g/mol. The highest BCUT2D eigenvalue weighted by atomic mass is 35.5. The van der Waals surface area contributed by atoms with E-state index in [1.807, 2.05) is 54.6 Å². The minimum Gasteiger partial charge on any atom is -0.461 e. The molecule has 6 heteroatoms. The molecule has 0 unspecified atom stereocenters. The van der Waals surface area contributed by atoms with Gasteiger partial charge in [-0.2, -0.15) is 0 Å². The van der Waals surface area contributed by atoms with Crippen molar-refractivity contribution in [3.05, 3.63) is 89.1 Å². The van der Waals surface area contributed by atoms with Crippen molar-refractivity contribution in [2.24, 2.45) is 0 Å². The zero-order valence-corrected chi connectivity index (χ0v) is 16.3. The molecule has 2 aromatic heterocycles. The van der Waals surface area contributed by atoms with E-state index in [9.17, 15) is 0 Å². The van der Waals surface area contributed by atoms with Crippen LogP contribution in [0.15, 0.2) is 82.6 Å². The fourth-order valence-corrected chi connectivity index (χ4v) is 4.28. The van der Waals surface area contributed by atoms with Crippen LogP contribution in [-0.4, -0.2) is 14.8 Å². The molecule has 0 saturated carbocycles. The summed E-state index contributed by atoms with van der Waals surface area (Å²) in [5.41, 5.74) is 2.26. The summed E-state index contributed by atoms with van der Waals surface area (Å²) in [6.45, 7) is 2.79. The summed E-state index contributed by atoms with van der Waals surface area (Å²) in [7, 11) is 0. The predicted octanol–water partition coefficient (Wildman–Crippen LogP) is 6.09. The third-order valence-electron chi connectivity index (χ3n) is 4.27. The molecule has 0 amide bonds. The van der Waals surface area contributed by atoms with Gasteiger partial charge in [0.05, 0.1) is 12.8 Å². The Morgan fingerprint density at radius 1 is 1.00 bits per heavy atom. The minimum atomic E-state index is 0.141. The number of thioether (sulfide) groups is 1. The third-order valence-corrected chi connectivity index (χ3v) is 5.73. The van der Waals surface area contributed by atoms with Crippen molar-refractivity contribution in [1.82, 2.24) is 14.8 Å². The van der Waals surface area contributed by atoms with Gasteiger partial charge in [-0.05, 0) is 36.2 Å². The van der Waals surface area contributed by atoms with E-state index in [4.69, 9.17) is 16.0 Å². The van der Waals surface area contributed by atoms with Gasteiger partial charge in [0.1, 0.15) is 0 Å². The molecule has 0 N–H and O–H groups in total. The fraction of sp³-hybridized carbons (Fsp3) is 0.143. The number of nitrogens with zero attached hydrogens (tertiary/aromatic N) is 3. The van der Waals surface area contributed by atoms with Crippen LogP contribution in [0.2, 0.25) is 5.02 Å². The molecule has 4 aromatic rings. The van der Waals surface area contributed by atoms with Crippen LogP contribution in [0.25, 0.3) is 11.6 Å². The van der Waals surface area contributed by atoms with Gasteiger partial charge >= 0.3 is 0 Å². The topological polar surface area (TPSA) is 43.9 Å². The van der Waals surface area contributed by atoms with Gasteiger partial charge in [0.15, 0.2) is 10.9 Å². The van der Waals surface area contributed by atoms with E-state index < -0.39 is 0 Å². The first-order valence-electron chi connectivity index (χ1n) is 8.64. The fourth-order valence-electron chi connectivity index (χ4n) is 2.90. The van der Waals surface area contributed by atoms with Gasteiger partial charge in [-0.3, -0.25) is 4.57 Å². The largest absolute Gasteiger partial charge is 0.461 e. The first-order valence-corrected chi connectivity index (χ1v) is 9.90. The molecule has 1 atom stereocenters. The van der Waals surface area contributed by atoms with Gasteiger partial charge < -0.3 is 4.42 Å². The van der Waals surface area contributed by atoms with Gasteiger partial charge in [0.2, 0.25) is 5.82 Å². The van der Waals surface area contributed by atoms with E-state index in [-0.39, 0.29) is 5.25 Å². The zero-order valence-electron chi connectivity index (χ0n) is 14.7. The van der Waals surface area contributed by atoms with Gasteiger partial charge in [-0.1, -0.05) is 71.9 Å². The van der Waals surface area contributed by atoms with E-state index in [1.54, 1.807) is 18.0 Å². The predicted molar refractivity (Wildman–Crippen MR) is 109 cm³/mol. The molecular weight excluding hydrogens is 378 g/mol. The van der Waals surface area contributed by atoms with Gasteiger partial charge in [-0.25, -0.2) is 0 Å². The Bertz CT molecular complexity index is 1020. The van der Waals surface area contributed by atoms with Crippen LogP contribution in [-0.2, 0) is 6.54 Å². The smallest absolute Gasteiger partial charge is 0.200 e. The quantitative estimate of drug-likeness (QED) is 0.370. The molecule has 2 heterocycles. The Balaban J connectivity index is 1.69. The van der Waals surface area contributed by atoms with Crippen LogP contribution in [0.3, 0.4) is 0 Å². The molecule has 27 heavy (non-hydrogen) atoms. The number of aromatic nitrogens is 3. The Labute approximate surface area is 167 Å². The minimum absolute atomic E-state index is 0.141. The molecule has 0 radical (unpaired) electrons. The summed E-state index contributed by atoms with van der Waals surface area (Å²) in [6.07, 6.45) is 1.65. The molecule has 4 nitrogen and oxygen atoms in total. The van der Waals surface area contributed by atoms with Crippen molar-refractivity contribution >= 4 is 23.4 Å². The Hall–Kier alpha value is -2.50. The molecule has 0 saturated heterocycles. The SMILES string of the molecule is C[C@H](Sc1nnc(-c2ccco2)n1Cc1ccccc1)c1ccccc1Cl. The van der Waals surface area contributed by atoms with Crippen LogP contribution in [0.4, 0.5) is 0 Å². The molecule has 0 aliphatic heterocycles. The molecule has 4 rings (SSSR count). The average Bonchev–Trinajstić information content (AvgIpc) is 3.33. The van der Waals surface area contributed by atoms with Crippen LogP contribution < -0.4 is 0 Å². The molecule has 0 bridgehead atoms. The maximum absolute atomic E-state index is 6.37. The van der Waals surface area contributed by atoms with E-state index in [0.717, 1.165) is 21.6 Å². The first kappa shape index (κ1) is 17.9. The lowest BCUT2D eigenvalue weighted by molar-refractivity contribution is 0.569. The summed E-state index contributed by atoms with van der Waals surface area (Å²) in [4.78, 5) is 0. The summed E-state index contributed by atoms with van der Waals surface area (Å²) >= 11 is 8.01. The van der Waals surface area contributed by atoms with Crippen molar-refractivity contribution in [3.8, 4) is 11.6 Å². The van der Waals surface area contributed by atoms with E-state index >= 15 is 0 Å². The Kier molecular flexibility index (Phi) is 5.32. The molecule has 0 spiro atoms. The number of hydrogen-bond donors (Lipinski definition) is 0. The molecule has 0 fully saturated rings. The van der Waals surface area contributed by atoms with Crippen molar-refractivity contribution in [2.75, 3.05) is 0 Å². The maximum Gasteiger partial charge on any atom is 0.200 e. The molecular formula is C21H18ClN3OS. The van der Waals surface area contributed by atoms with Crippen LogP contribution in [0, 0.1) is 0 Å². The number of rotatable bonds is 6. The molecule has 2 aromatic carbocycles. The summed E-state index contributed by atoms with van der Waals surface area (Å²) in [6, 6.07) is 21.9. The summed E-state index contributed by atoms with van der Waals surface area (Å²) in [5, 5.41) is 10.6. The highest BCUT2D eigenvalue weighted by Crippen LogP contribution is 2.38. The maximum atomic E-state index is 6.37. The number of hydrogen-bond acceptors (Lipinski definition) is 4. The Morgan fingerprint density at radius 3 is 2.52 bits per heavy atom. The van der Waals surface area contributed by atoms with E-state index in [0.29, 0.717) is 12.3 Å². The number of furan rings is 1. The second kappa shape index (κ2) is 8.03. The van der Waals surface area contributed by atoms with E-state index in [1.165, 1.54) is 5.56 Å². The van der Waals surface area contributed by atoms with Gasteiger partial charge in [-0.15, -0.1) is 10.2 Å². The second-order valence-corrected chi connectivity index (χ2v) is 7.85. The number of benzene rings is 2. The highest BCUT2D eigenvalue weighted by Gasteiger charge is 2.20.